The molecule has 0 spiro atoms. The summed E-state index contributed by atoms with van der Waals surface area (Å²) in [5, 5.41) is 12.4. The summed E-state index contributed by atoms with van der Waals surface area (Å²) >= 11 is 0. The number of carbonyl (C=O) groups excluding carboxylic acids is 1. The highest BCUT2D eigenvalue weighted by molar-refractivity contribution is 5.81. The molecule has 0 aromatic heterocycles. The summed E-state index contributed by atoms with van der Waals surface area (Å²) in [5.41, 5.74) is 4.62. The SMILES string of the molecule is CCC(C)(O)CNC(=O)C1CCC(CN)O1. The number of nitrogens with one attached hydrogen (secondary N) is 1. The van der Waals surface area contributed by atoms with E-state index in [2.05, 4.69) is 5.32 Å². The van der Waals surface area contributed by atoms with Crippen LogP contribution in [0.1, 0.15) is 33.1 Å². The normalized spacial score (nSPS) is 28.8. The van der Waals surface area contributed by atoms with Crippen LogP contribution in [0.5, 0.6) is 0 Å². The number of amides is 1. The largest absolute Gasteiger partial charge is 0.388 e. The van der Waals surface area contributed by atoms with E-state index >= 15 is 0 Å². The van der Waals surface area contributed by atoms with Crippen molar-refractivity contribution in [3.05, 3.63) is 0 Å². The van der Waals surface area contributed by atoms with Crippen LogP contribution in [0.15, 0.2) is 0 Å². The van der Waals surface area contributed by atoms with Gasteiger partial charge in [0, 0.05) is 13.1 Å². The second-order valence-electron chi connectivity index (χ2n) is 4.63. The fourth-order valence-electron chi connectivity index (χ4n) is 1.59. The standard InChI is InChI=1S/C11H22N2O3/c1-3-11(2,15)7-13-10(14)9-5-4-8(6-12)16-9/h8-9,15H,3-7,12H2,1-2H3,(H,13,14). The molecule has 0 radical (unpaired) electrons. The minimum Gasteiger partial charge on any atom is -0.388 e. The Bertz CT molecular complexity index is 243. The van der Waals surface area contributed by atoms with Crippen LogP contribution in [0.2, 0.25) is 0 Å². The first-order valence-corrected chi connectivity index (χ1v) is 5.84. The Morgan fingerprint density at radius 1 is 1.62 bits per heavy atom. The van der Waals surface area contributed by atoms with Crippen LogP contribution in [0, 0.1) is 0 Å². The molecule has 0 aliphatic carbocycles. The molecule has 1 aliphatic heterocycles. The number of nitrogens with two attached hydrogens (primary N) is 1. The van der Waals surface area contributed by atoms with Crippen LogP contribution in [0.4, 0.5) is 0 Å². The molecule has 1 saturated heterocycles. The van der Waals surface area contributed by atoms with E-state index in [4.69, 9.17) is 10.5 Å². The molecule has 3 unspecified atom stereocenters. The smallest absolute Gasteiger partial charge is 0.249 e. The summed E-state index contributed by atoms with van der Waals surface area (Å²) in [6, 6.07) is 0. The van der Waals surface area contributed by atoms with Crippen LogP contribution in [-0.2, 0) is 9.53 Å². The van der Waals surface area contributed by atoms with Gasteiger partial charge in [-0.1, -0.05) is 6.92 Å². The van der Waals surface area contributed by atoms with E-state index in [0.29, 0.717) is 19.4 Å². The maximum absolute atomic E-state index is 11.7. The number of hydrogen-bond acceptors (Lipinski definition) is 4. The van der Waals surface area contributed by atoms with Gasteiger partial charge in [0.05, 0.1) is 11.7 Å². The van der Waals surface area contributed by atoms with Crippen molar-refractivity contribution in [3.8, 4) is 0 Å². The highest BCUT2D eigenvalue weighted by Crippen LogP contribution is 2.19. The van der Waals surface area contributed by atoms with E-state index in [9.17, 15) is 9.90 Å². The van der Waals surface area contributed by atoms with E-state index in [0.717, 1.165) is 6.42 Å². The third-order valence-corrected chi connectivity index (χ3v) is 3.07. The van der Waals surface area contributed by atoms with Gasteiger partial charge < -0.3 is 20.9 Å². The zero-order valence-electron chi connectivity index (χ0n) is 10.0. The van der Waals surface area contributed by atoms with Crippen LogP contribution in [0.25, 0.3) is 0 Å². The number of rotatable bonds is 5. The van der Waals surface area contributed by atoms with Gasteiger partial charge in [-0.2, -0.15) is 0 Å². The molecule has 94 valence electrons. The summed E-state index contributed by atoms with van der Waals surface area (Å²) in [7, 11) is 0. The highest BCUT2D eigenvalue weighted by atomic mass is 16.5. The van der Waals surface area contributed by atoms with Crippen LogP contribution >= 0.6 is 0 Å². The highest BCUT2D eigenvalue weighted by Gasteiger charge is 2.30. The lowest BCUT2D eigenvalue weighted by molar-refractivity contribution is -0.133. The van der Waals surface area contributed by atoms with Crippen molar-refractivity contribution in [3.63, 3.8) is 0 Å². The number of carbonyl (C=O) groups is 1. The van der Waals surface area contributed by atoms with E-state index in [1.165, 1.54) is 0 Å². The molecule has 1 rings (SSSR count). The molecule has 1 fully saturated rings. The van der Waals surface area contributed by atoms with Crippen molar-refractivity contribution in [2.75, 3.05) is 13.1 Å². The molecule has 1 aliphatic rings. The van der Waals surface area contributed by atoms with Gasteiger partial charge in [-0.15, -0.1) is 0 Å². The molecule has 0 aromatic carbocycles. The topological polar surface area (TPSA) is 84.6 Å². The third kappa shape index (κ3) is 3.73. The Morgan fingerprint density at radius 3 is 2.81 bits per heavy atom. The van der Waals surface area contributed by atoms with Gasteiger partial charge in [-0.05, 0) is 26.2 Å². The Balaban J connectivity index is 2.31. The first-order valence-electron chi connectivity index (χ1n) is 5.84. The summed E-state index contributed by atoms with van der Waals surface area (Å²) in [4.78, 5) is 11.7. The molecule has 3 atom stereocenters. The first-order chi connectivity index (χ1) is 7.48. The lowest BCUT2D eigenvalue weighted by Crippen LogP contribution is -2.44. The first kappa shape index (κ1) is 13.4. The molecular formula is C11H22N2O3. The molecule has 4 N–H and O–H groups in total. The van der Waals surface area contributed by atoms with Gasteiger partial charge in [-0.3, -0.25) is 4.79 Å². The molecule has 0 saturated carbocycles. The van der Waals surface area contributed by atoms with Gasteiger partial charge in [0.2, 0.25) is 5.91 Å². The van der Waals surface area contributed by atoms with Gasteiger partial charge >= 0.3 is 0 Å². The number of ether oxygens (including phenoxy) is 1. The molecule has 5 nitrogen and oxygen atoms in total. The molecule has 1 heterocycles. The predicted molar refractivity (Wildman–Crippen MR) is 60.9 cm³/mol. The van der Waals surface area contributed by atoms with Gasteiger partial charge in [0.15, 0.2) is 0 Å². The van der Waals surface area contributed by atoms with Crippen LogP contribution in [0.3, 0.4) is 0 Å². The van der Waals surface area contributed by atoms with Crippen LogP contribution in [-0.4, -0.2) is 41.9 Å². The van der Waals surface area contributed by atoms with Crippen molar-refractivity contribution in [1.82, 2.24) is 5.32 Å². The lowest BCUT2D eigenvalue weighted by atomic mass is 10.0. The van der Waals surface area contributed by atoms with Crippen molar-refractivity contribution in [1.29, 1.82) is 0 Å². The predicted octanol–water partition coefficient (Wildman–Crippen LogP) is -0.230. The Kier molecular flexibility index (Phi) is 4.70. The second kappa shape index (κ2) is 5.61. The lowest BCUT2D eigenvalue weighted by Gasteiger charge is -2.22. The summed E-state index contributed by atoms with van der Waals surface area (Å²) in [5.74, 6) is -0.148. The van der Waals surface area contributed by atoms with Crippen molar-refractivity contribution in [2.24, 2.45) is 5.73 Å². The number of aliphatic hydroxyl groups is 1. The fraction of sp³-hybridized carbons (Fsp3) is 0.909. The quantitative estimate of drug-likeness (QED) is 0.609. The zero-order valence-corrected chi connectivity index (χ0v) is 10.0. The Labute approximate surface area is 96.3 Å². The monoisotopic (exact) mass is 230 g/mol. The van der Waals surface area contributed by atoms with Crippen molar-refractivity contribution >= 4 is 5.91 Å². The maximum Gasteiger partial charge on any atom is 0.249 e. The number of hydrogen-bond donors (Lipinski definition) is 3. The molecule has 5 heteroatoms. The minimum absolute atomic E-state index is 0.00225. The van der Waals surface area contributed by atoms with E-state index in [1.807, 2.05) is 6.92 Å². The van der Waals surface area contributed by atoms with Gasteiger partial charge in [-0.25, -0.2) is 0 Å². The average Bonchev–Trinajstić information content (AvgIpc) is 2.74. The zero-order chi connectivity index (χ0) is 12.2. The summed E-state index contributed by atoms with van der Waals surface area (Å²) < 4.78 is 5.45. The molecule has 0 bridgehead atoms. The van der Waals surface area contributed by atoms with Crippen molar-refractivity contribution in [2.45, 2.75) is 50.9 Å². The van der Waals surface area contributed by atoms with Gasteiger partial charge in [0.25, 0.3) is 0 Å². The van der Waals surface area contributed by atoms with E-state index in [1.54, 1.807) is 6.92 Å². The molecular weight excluding hydrogens is 208 g/mol. The van der Waals surface area contributed by atoms with E-state index < -0.39 is 11.7 Å². The minimum atomic E-state index is -0.846. The summed E-state index contributed by atoms with van der Waals surface area (Å²) in [6.45, 7) is 4.29. The Hall–Kier alpha value is -0.650. The molecule has 1 amide bonds. The summed E-state index contributed by atoms with van der Waals surface area (Å²) in [6.07, 6.45) is 1.74. The fourth-order valence-corrected chi connectivity index (χ4v) is 1.59. The molecule has 0 aromatic rings. The third-order valence-electron chi connectivity index (χ3n) is 3.07. The van der Waals surface area contributed by atoms with Crippen LogP contribution < -0.4 is 11.1 Å². The average molecular weight is 230 g/mol. The van der Waals surface area contributed by atoms with E-state index in [-0.39, 0.29) is 18.6 Å². The Morgan fingerprint density at radius 2 is 2.31 bits per heavy atom. The molecule has 16 heavy (non-hydrogen) atoms. The second-order valence-corrected chi connectivity index (χ2v) is 4.63. The van der Waals surface area contributed by atoms with Gasteiger partial charge in [0.1, 0.15) is 6.10 Å². The van der Waals surface area contributed by atoms with Crippen molar-refractivity contribution < 1.29 is 14.6 Å². The maximum atomic E-state index is 11.7.